The molecule has 2 aromatic rings. The van der Waals surface area contributed by atoms with E-state index in [4.69, 9.17) is 15.2 Å². The van der Waals surface area contributed by atoms with Gasteiger partial charge in [0.15, 0.2) is 0 Å². The van der Waals surface area contributed by atoms with Crippen LogP contribution < -0.4 is 15.2 Å². The van der Waals surface area contributed by atoms with Crippen molar-refractivity contribution in [2.75, 3.05) is 20.8 Å². The summed E-state index contributed by atoms with van der Waals surface area (Å²) in [7, 11) is 3.19. The van der Waals surface area contributed by atoms with Crippen LogP contribution >= 0.6 is 0 Å². The fourth-order valence-corrected chi connectivity index (χ4v) is 2.07. The fraction of sp³-hybridized carbons (Fsp3) is 0.286. The van der Waals surface area contributed by atoms with E-state index in [0.717, 1.165) is 16.5 Å². The van der Waals surface area contributed by atoms with Gasteiger partial charge in [-0.15, -0.1) is 0 Å². The van der Waals surface area contributed by atoms with Crippen LogP contribution in [0.4, 0.5) is 0 Å². The maximum atomic E-state index is 10.1. The van der Waals surface area contributed by atoms with Gasteiger partial charge in [0.2, 0.25) is 0 Å². The average molecular weight is 247 g/mol. The molecule has 0 fully saturated rings. The van der Waals surface area contributed by atoms with Crippen molar-refractivity contribution in [3.05, 3.63) is 35.9 Å². The molecule has 0 aliphatic heterocycles. The van der Waals surface area contributed by atoms with Gasteiger partial charge in [0, 0.05) is 12.1 Å². The highest BCUT2D eigenvalue weighted by molar-refractivity contribution is 5.89. The summed E-state index contributed by atoms with van der Waals surface area (Å²) in [5.74, 6) is 1.37. The number of aliphatic hydroxyl groups is 1. The zero-order valence-corrected chi connectivity index (χ0v) is 10.5. The highest BCUT2D eigenvalue weighted by Gasteiger charge is 2.16. The molecule has 96 valence electrons. The van der Waals surface area contributed by atoms with Gasteiger partial charge in [0.1, 0.15) is 11.5 Å². The third-order valence-corrected chi connectivity index (χ3v) is 3.01. The molecule has 0 aliphatic carbocycles. The second-order valence-electron chi connectivity index (χ2n) is 4.02. The number of ether oxygens (including phenoxy) is 2. The molecule has 0 heterocycles. The van der Waals surface area contributed by atoms with Crippen molar-refractivity contribution >= 4 is 10.8 Å². The first-order valence-electron chi connectivity index (χ1n) is 5.74. The van der Waals surface area contributed by atoms with Crippen molar-refractivity contribution in [1.82, 2.24) is 0 Å². The van der Waals surface area contributed by atoms with Gasteiger partial charge in [0.25, 0.3) is 0 Å². The van der Waals surface area contributed by atoms with E-state index in [1.54, 1.807) is 14.2 Å². The molecule has 1 atom stereocenters. The van der Waals surface area contributed by atoms with Crippen molar-refractivity contribution in [2.24, 2.45) is 5.73 Å². The standard InChI is InChI=1S/C14H17NO3/c1-17-10-5-3-9-4-6-13(18-2)14(11(9)7-10)12(16)8-15/h3-7,12,16H,8,15H2,1-2H3. The smallest absolute Gasteiger partial charge is 0.125 e. The summed E-state index contributed by atoms with van der Waals surface area (Å²) >= 11 is 0. The number of fused-ring (bicyclic) bond motifs is 1. The molecule has 0 saturated heterocycles. The predicted molar refractivity (Wildman–Crippen MR) is 71.1 cm³/mol. The Hall–Kier alpha value is -1.78. The van der Waals surface area contributed by atoms with Gasteiger partial charge < -0.3 is 20.3 Å². The summed E-state index contributed by atoms with van der Waals surface area (Å²) in [6.07, 6.45) is -0.754. The summed E-state index contributed by atoms with van der Waals surface area (Å²) in [5, 5.41) is 12.0. The maximum Gasteiger partial charge on any atom is 0.125 e. The quantitative estimate of drug-likeness (QED) is 0.865. The summed E-state index contributed by atoms with van der Waals surface area (Å²) in [6, 6.07) is 9.49. The summed E-state index contributed by atoms with van der Waals surface area (Å²) < 4.78 is 10.5. The Morgan fingerprint density at radius 3 is 2.50 bits per heavy atom. The number of aliphatic hydroxyl groups excluding tert-OH is 1. The SMILES string of the molecule is COc1ccc2ccc(OC)c(C(O)CN)c2c1. The lowest BCUT2D eigenvalue weighted by Crippen LogP contribution is -2.13. The molecular formula is C14H17NO3. The number of benzene rings is 2. The van der Waals surface area contributed by atoms with Crippen molar-refractivity contribution in [3.63, 3.8) is 0 Å². The number of nitrogens with two attached hydrogens (primary N) is 1. The summed E-state index contributed by atoms with van der Waals surface area (Å²) in [4.78, 5) is 0. The third kappa shape index (κ3) is 2.12. The van der Waals surface area contributed by atoms with Gasteiger partial charge in [-0.2, -0.15) is 0 Å². The lowest BCUT2D eigenvalue weighted by atomic mass is 9.99. The Morgan fingerprint density at radius 1 is 1.17 bits per heavy atom. The Morgan fingerprint density at radius 2 is 1.89 bits per heavy atom. The average Bonchev–Trinajstić information content (AvgIpc) is 2.44. The molecule has 0 saturated carbocycles. The van der Waals surface area contributed by atoms with E-state index in [0.29, 0.717) is 11.3 Å². The first-order chi connectivity index (χ1) is 8.71. The lowest BCUT2D eigenvalue weighted by molar-refractivity contribution is 0.184. The van der Waals surface area contributed by atoms with Crippen molar-refractivity contribution in [2.45, 2.75) is 6.10 Å². The minimum Gasteiger partial charge on any atom is -0.497 e. The first-order valence-corrected chi connectivity index (χ1v) is 5.74. The van der Waals surface area contributed by atoms with Crippen molar-refractivity contribution in [1.29, 1.82) is 0 Å². The molecule has 0 aromatic heterocycles. The Kier molecular flexibility index (Phi) is 3.69. The second-order valence-corrected chi connectivity index (χ2v) is 4.02. The molecular weight excluding hydrogens is 230 g/mol. The number of hydrogen-bond acceptors (Lipinski definition) is 4. The third-order valence-electron chi connectivity index (χ3n) is 3.01. The van der Waals surface area contributed by atoms with Crippen LogP contribution in [0.2, 0.25) is 0 Å². The minimum atomic E-state index is -0.754. The van der Waals surface area contributed by atoms with E-state index >= 15 is 0 Å². The highest BCUT2D eigenvalue weighted by Crippen LogP contribution is 2.34. The summed E-state index contributed by atoms with van der Waals surface area (Å²) in [6.45, 7) is 0.146. The van der Waals surface area contributed by atoms with E-state index in [9.17, 15) is 5.11 Å². The van der Waals surface area contributed by atoms with Crippen LogP contribution in [0.25, 0.3) is 10.8 Å². The molecule has 0 radical (unpaired) electrons. The normalized spacial score (nSPS) is 12.4. The van der Waals surface area contributed by atoms with Crippen LogP contribution in [-0.4, -0.2) is 25.9 Å². The minimum absolute atomic E-state index is 0.146. The molecule has 4 heteroatoms. The van der Waals surface area contributed by atoms with Crippen LogP contribution in [0.3, 0.4) is 0 Å². The predicted octanol–water partition coefficient (Wildman–Crippen LogP) is 1.85. The van der Waals surface area contributed by atoms with Crippen LogP contribution in [-0.2, 0) is 0 Å². The number of rotatable bonds is 4. The maximum absolute atomic E-state index is 10.1. The zero-order chi connectivity index (χ0) is 13.1. The summed E-state index contributed by atoms with van der Waals surface area (Å²) in [5.41, 5.74) is 6.26. The monoisotopic (exact) mass is 247 g/mol. The van der Waals surface area contributed by atoms with Crippen LogP contribution in [0.15, 0.2) is 30.3 Å². The molecule has 0 spiro atoms. The Labute approximate surface area is 106 Å². The van der Waals surface area contributed by atoms with Crippen molar-refractivity contribution in [3.8, 4) is 11.5 Å². The van der Waals surface area contributed by atoms with Gasteiger partial charge in [-0.3, -0.25) is 0 Å². The fourth-order valence-electron chi connectivity index (χ4n) is 2.07. The van der Waals surface area contributed by atoms with E-state index < -0.39 is 6.10 Å². The molecule has 2 rings (SSSR count). The second kappa shape index (κ2) is 5.25. The molecule has 0 amide bonds. The van der Waals surface area contributed by atoms with E-state index in [-0.39, 0.29) is 6.54 Å². The number of methoxy groups -OCH3 is 2. The Bertz CT molecular complexity index is 549. The van der Waals surface area contributed by atoms with Crippen molar-refractivity contribution < 1.29 is 14.6 Å². The molecule has 0 aliphatic rings. The van der Waals surface area contributed by atoms with Gasteiger partial charge in [-0.1, -0.05) is 12.1 Å². The molecule has 4 nitrogen and oxygen atoms in total. The largest absolute Gasteiger partial charge is 0.497 e. The van der Waals surface area contributed by atoms with E-state index in [1.165, 1.54) is 0 Å². The van der Waals surface area contributed by atoms with Crippen LogP contribution in [0, 0.1) is 0 Å². The van der Waals surface area contributed by atoms with Gasteiger partial charge in [0.05, 0.1) is 20.3 Å². The van der Waals surface area contributed by atoms with Crippen LogP contribution in [0.5, 0.6) is 11.5 Å². The van der Waals surface area contributed by atoms with Gasteiger partial charge in [-0.25, -0.2) is 0 Å². The van der Waals surface area contributed by atoms with Crippen LogP contribution in [0.1, 0.15) is 11.7 Å². The van der Waals surface area contributed by atoms with Gasteiger partial charge >= 0.3 is 0 Å². The highest BCUT2D eigenvalue weighted by atomic mass is 16.5. The molecule has 2 aromatic carbocycles. The molecule has 3 N–H and O–H groups in total. The lowest BCUT2D eigenvalue weighted by Gasteiger charge is -2.16. The molecule has 0 bridgehead atoms. The number of hydrogen-bond donors (Lipinski definition) is 2. The molecule has 18 heavy (non-hydrogen) atoms. The topological polar surface area (TPSA) is 64.7 Å². The van der Waals surface area contributed by atoms with E-state index in [2.05, 4.69) is 0 Å². The van der Waals surface area contributed by atoms with Gasteiger partial charge in [-0.05, 0) is 29.0 Å². The zero-order valence-electron chi connectivity index (χ0n) is 10.5. The first kappa shape index (κ1) is 12.7. The Balaban J connectivity index is 2.73. The van der Waals surface area contributed by atoms with E-state index in [1.807, 2.05) is 30.3 Å². The molecule has 1 unspecified atom stereocenters.